The Morgan fingerprint density at radius 2 is 2.17 bits per heavy atom. The molecule has 2 N–H and O–H groups in total. The highest BCUT2D eigenvalue weighted by Gasteiger charge is 2.47. The number of carbonyl (C=O) groups excluding carboxylic acids is 1. The summed E-state index contributed by atoms with van der Waals surface area (Å²) in [4.78, 5) is 27.7. The lowest BCUT2D eigenvalue weighted by molar-refractivity contribution is -0.164. The number of nitrogens with zero attached hydrogens (tertiary/aromatic N) is 1. The number of pyridine rings is 1. The normalized spacial score (nSPS) is 21.4. The molecule has 11 heteroatoms. The SMILES string of the molecule is O=C(Nc1cc(F)c(=O)n(CCF)c1)C1CC(C(F)(F)F)NO1. The van der Waals surface area contributed by atoms with Crippen LogP contribution in [0, 0.1) is 5.82 Å². The average molecular weight is 341 g/mol. The van der Waals surface area contributed by atoms with Crippen molar-refractivity contribution < 1.29 is 31.6 Å². The Bertz CT molecular complexity index is 646. The van der Waals surface area contributed by atoms with Crippen LogP contribution in [0.5, 0.6) is 0 Å². The molecule has 1 aromatic heterocycles. The second-order valence-corrected chi connectivity index (χ2v) is 4.81. The summed E-state index contributed by atoms with van der Waals surface area (Å²) in [6.45, 7) is -1.35. The fourth-order valence-electron chi connectivity index (χ4n) is 1.98. The highest BCUT2D eigenvalue weighted by molar-refractivity contribution is 5.94. The summed E-state index contributed by atoms with van der Waals surface area (Å²) in [7, 11) is 0. The number of hydroxylamine groups is 1. The van der Waals surface area contributed by atoms with E-state index >= 15 is 0 Å². The smallest absolute Gasteiger partial charge is 0.322 e. The second-order valence-electron chi connectivity index (χ2n) is 4.81. The molecule has 0 radical (unpaired) electrons. The number of nitrogens with one attached hydrogen (secondary N) is 2. The molecule has 0 spiro atoms. The highest BCUT2D eigenvalue weighted by atomic mass is 19.4. The molecule has 1 amide bonds. The maximum Gasteiger partial charge on any atom is 0.406 e. The van der Waals surface area contributed by atoms with E-state index in [1.54, 1.807) is 5.48 Å². The number of hydrogen-bond acceptors (Lipinski definition) is 4. The molecule has 2 unspecified atom stereocenters. The molecule has 1 fully saturated rings. The average Bonchev–Trinajstić information content (AvgIpc) is 2.94. The third kappa shape index (κ3) is 4.05. The van der Waals surface area contributed by atoms with Gasteiger partial charge in [0, 0.05) is 18.7 Å². The molecular formula is C12H12F5N3O3. The van der Waals surface area contributed by atoms with Crippen LogP contribution in [0.4, 0.5) is 27.6 Å². The summed E-state index contributed by atoms with van der Waals surface area (Å²) in [6, 6.07) is -1.30. The zero-order chi connectivity index (χ0) is 17.2. The van der Waals surface area contributed by atoms with Crippen molar-refractivity contribution in [1.29, 1.82) is 0 Å². The molecule has 128 valence electrons. The first kappa shape index (κ1) is 17.3. The first-order valence-corrected chi connectivity index (χ1v) is 6.47. The number of alkyl halides is 4. The van der Waals surface area contributed by atoms with Crippen molar-refractivity contribution in [2.45, 2.75) is 31.3 Å². The van der Waals surface area contributed by atoms with Crippen LogP contribution in [0.3, 0.4) is 0 Å². The maximum absolute atomic E-state index is 13.4. The van der Waals surface area contributed by atoms with E-state index in [0.29, 0.717) is 10.6 Å². The molecule has 0 aromatic carbocycles. The zero-order valence-electron chi connectivity index (χ0n) is 11.5. The Labute approximate surface area is 126 Å². The third-order valence-corrected chi connectivity index (χ3v) is 3.13. The Balaban J connectivity index is 2.08. The van der Waals surface area contributed by atoms with E-state index in [1.165, 1.54) is 0 Å². The van der Waals surface area contributed by atoms with Gasteiger partial charge in [-0.15, -0.1) is 0 Å². The second kappa shape index (κ2) is 6.62. The van der Waals surface area contributed by atoms with Gasteiger partial charge in [-0.3, -0.25) is 14.4 Å². The van der Waals surface area contributed by atoms with Crippen LogP contribution in [-0.2, 0) is 16.2 Å². The zero-order valence-corrected chi connectivity index (χ0v) is 11.5. The van der Waals surface area contributed by atoms with Gasteiger partial charge in [0.2, 0.25) is 0 Å². The van der Waals surface area contributed by atoms with Crippen molar-refractivity contribution in [2.75, 3.05) is 12.0 Å². The Morgan fingerprint density at radius 1 is 1.48 bits per heavy atom. The van der Waals surface area contributed by atoms with Gasteiger partial charge in [-0.1, -0.05) is 0 Å². The molecule has 2 heterocycles. The van der Waals surface area contributed by atoms with Crippen LogP contribution in [0.2, 0.25) is 0 Å². The van der Waals surface area contributed by atoms with Gasteiger partial charge in [-0.25, -0.2) is 8.78 Å². The molecule has 2 rings (SSSR count). The van der Waals surface area contributed by atoms with E-state index in [1.807, 2.05) is 0 Å². The fourth-order valence-corrected chi connectivity index (χ4v) is 1.98. The van der Waals surface area contributed by atoms with Gasteiger partial charge in [0.25, 0.3) is 11.5 Å². The first-order chi connectivity index (χ1) is 10.7. The monoisotopic (exact) mass is 341 g/mol. The van der Waals surface area contributed by atoms with Gasteiger partial charge in [-0.2, -0.15) is 18.7 Å². The molecule has 1 aliphatic heterocycles. The summed E-state index contributed by atoms with van der Waals surface area (Å²) in [5.41, 5.74) is 0.433. The van der Waals surface area contributed by atoms with Gasteiger partial charge in [0.1, 0.15) is 12.7 Å². The lowest BCUT2D eigenvalue weighted by Gasteiger charge is -2.12. The van der Waals surface area contributed by atoms with E-state index in [2.05, 4.69) is 10.2 Å². The van der Waals surface area contributed by atoms with Crippen LogP contribution in [0.25, 0.3) is 0 Å². The maximum atomic E-state index is 13.4. The number of amides is 1. The van der Waals surface area contributed by atoms with Gasteiger partial charge in [0.05, 0.1) is 12.2 Å². The first-order valence-electron chi connectivity index (χ1n) is 6.47. The molecule has 2 atom stereocenters. The predicted octanol–water partition coefficient (Wildman–Crippen LogP) is 1.12. The van der Waals surface area contributed by atoms with E-state index < -0.39 is 55.2 Å². The van der Waals surface area contributed by atoms with E-state index in [-0.39, 0.29) is 5.69 Å². The third-order valence-electron chi connectivity index (χ3n) is 3.13. The lowest BCUT2D eigenvalue weighted by Crippen LogP contribution is -2.36. The van der Waals surface area contributed by atoms with E-state index in [9.17, 15) is 31.5 Å². The highest BCUT2D eigenvalue weighted by Crippen LogP contribution is 2.28. The molecule has 1 saturated heterocycles. The summed E-state index contributed by atoms with van der Waals surface area (Å²) < 4.78 is 63.8. The molecular weight excluding hydrogens is 329 g/mol. The molecule has 0 bridgehead atoms. The van der Waals surface area contributed by atoms with E-state index in [0.717, 1.165) is 6.20 Å². The quantitative estimate of drug-likeness (QED) is 0.805. The van der Waals surface area contributed by atoms with Crippen molar-refractivity contribution in [2.24, 2.45) is 0 Å². The largest absolute Gasteiger partial charge is 0.406 e. The van der Waals surface area contributed by atoms with Gasteiger partial charge in [-0.05, 0) is 0 Å². The minimum absolute atomic E-state index is 0.195. The fraction of sp³-hybridized carbons (Fsp3) is 0.500. The number of rotatable bonds is 4. The van der Waals surface area contributed by atoms with Crippen molar-refractivity contribution in [3.8, 4) is 0 Å². The summed E-state index contributed by atoms with van der Waals surface area (Å²) in [5, 5.41) is 2.13. The molecule has 0 saturated carbocycles. The van der Waals surface area contributed by atoms with Gasteiger partial charge < -0.3 is 9.88 Å². The molecule has 6 nitrogen and oxygen atoms in total. The minimum atomic E-state index is -4.57. The standard InChI is InChI=1S/C12H12F5N3O3/c13-1-2-20-5-6(3-7(14)11(20)22)18-10(21)8-4-9(19-23-8)12(15,16)17/h3,5,8-9,19H,1-2,4H2,(H,18,21). The van der Waals surface area contributed by atoms with E-state index in [4.69, 9.17) is 0 Å². The summed E-state index contributed by atoms with van der Waals surface area (Å²) >= 11 is 0. The number of halogens is 5. The van der Waals surface area contributed by atoms with Crippen molar-refractivity contribution in [3.05, 3.63) is 28.4 Å². The van der Waals surface area contributed by atoms with Crippen LogP contribution in [0.1, 0.15) is 6.42 Å². The van der Waals surface area contributed by atoms with Gasteiger partial charge >= 0.3 is 6.18 Å². The summed E-state index contributed by atoms with van der Waals surface area (Å²) in [5.74, 6) is -2.18. The van der Waals surface area contributed by atoms with Gasteiger partial charge in [0.15, 0.2) is 11.9 Å². The molecule has 1 aliphatic rings. The lowest BCUT2D eigenvalue weighted by atomic mass is 10.1. The topological polar surface area (TPSA) is 72.4 Å². The Morgan fingerprint density at radius 3 is 2.74 bits per heavy atom. The molecule has 0 aliphatic carbocycles. The molecule has 23 heavy (non-hydrogen) atoms. The predicted molar refractivity (Wildman–Crippen MR) is 67.7 cm³/mol. The van der Waals surface area contributed by atoms with Crippen molar-refractivity contribution in [1.82, 2.24) is 10.0 Å². The molecule has 1 aromatic rings. The number of aryl methyl sites for hydroxylation is 1. The van der Waals surface area contributed by atoms with Crippen LogP contribution < -0.4 is 16.4 Å². The van der Waals surface area contributed by atoms with Crippen LogP contribution >= 0.6 is 0 Å². The number of anilines is 1. The summed E-state index contributed by atoms with van der Waals surface area (Å²) in [6.07, 6.45) is -5.67. The van der Waals surface area contributed by atoms with Crippen LogP contribution in [0.15, 0.2) is 17.1 Å². The van der Waals surface area contributed by atoms with Crippen LogP contribution in [-0.4, -0.2) is 35.5 Å². The van der Waals surface area contributed by atoms with Crippen molar-refractivity contribution in [3.63, 3.8) is 0 Å². The van der Waals surface area contributed by atoms with Crippen molar-refractivity contribution >= 4 is 11.6 Å². The number of carbonyl (C=O) groups is 1. The number of aromatic nitrogens is 1. The Kier molecular flexibility index (Phi) is 5.00. The minimum Gasteiger partial charge on any atom is -0.322 e. The Hall–Kier alpha value is -2.01. The number of hydrogen-bond donors (Lipinski definition) is 2.